The predicted molar refractivity (Wildman–Crippen MR) is 262 cm³/mol. The molecular weight excluding hydrogens is 918 g/mol. The number of esters is 1. The fourth-order valence-electron chi connectivity index (χ4n) is 7.62. The molecule has 0 atom stereocenters. The Hall–Kier alpha value is -7.97. The molecule has 0 unspecified atom stereocenters. The van der Waals surface area contributed by atoms with Gasteiger partial charge in [-0.15, -0.1) is 0 Å². The fourth-order valence-corrected chi connectivity index (χ4v) is 8.11. The van der Waals surface area contributed by atoms with Crippen molar-refractivity contribution in [2.45, 2.75) is 25.3 Å². The third kappa shape index (κ3) is 9.99. The Kier molecular flexibility index (Phi) is 13.9. The minimum Gasteiger partial charge on any atom is -0.497 e. The molecule has 2 N–H and O–H groups in total. The molecular formula is C53H46BrN3O10. The zero-order chi connectivity index (χ0) is 47.0. The molecule has 11 rings (SSSR count). The maximum absolute atomic E-state index is 12.6. The van der Waals surface area contributed by atoms with E-state index < -0.39 is 0 Å². The van der Waals surface area contributed by atoms with Crippen molar-refractivity contribution < 1.29 is 46.6 Å². The number of fused-ring (bicyclic) bond motifs is 5. The lowest BCUT2D eigenvalue weighted by atomic mass is 10.1. The lowest BCUT2D eigenvalue weighted by molar-refractivity contribution is 0.0524. The van der Waals surface area contributed by atoms with Crippen LogP contribution in [0.5, 0.6) is 17.2 Å². The Balaban J connectivity index is 0.000000125. The first-order valence-corrected chi connectivity index (χ1v) is 22.3. The van der Waals surface area contributed by atoms with E-state index in [4.69, 9.17) is 37.9 Å². The summed E-state index contributed by atoms with van der Waals surface area (Å²) in [5.74, 6) is 1.73. The highest BCUT2D eigenvalue weighted by atomic mass is 79.9. The highest BCUT2D eigenvalue weighted by molar-refractivity contribution is 9.08. The molecule has 9 aromatic rings. The first kappa shape index (κ1) is 45.6. The van der Waals surface area contributed by atoms with Gasteiger partial charge in [0.05, 0.1) is 65.4 Å². The summed E-state index contributed by atoms with van der Waals surface area (Å²) in [5, 5.41) is 3.77. The van der Waals surface area contributed by atoms with E-state index in [1.165, 1.54) is 0 Å². The normalized spacial score (nSPS) is 12.4. The number of nitrogens with zero attached hydrogens (tertiary/aromatic N) is 2. The minimum absolute atomic E-state index is 0.00481. The quantitative estimate of drug-likeness (QED) is 0.0877. The molecule has 5 heterocycles. The van der Waals surface area contributed by atoms with Gasteiger partial charge in [0.15, 0.2) is 0 Å². The van der Waals surface area contributed by atoms with Crippen LogP contribution in [0.1, 0.15) is 54.7 Å². The average molecular weight is 965 g/mol. The van der Waals surface area contributed by atoms with E-state index >= 15 is 0 Å². The van der Waals surface area contributed by atoms with E-state index in [1.54, 1.807) is 75.0 Å². The van der Waals surface area contributed by atoms with E-state index in [2.05, 4.69) is 15.9 Å². The lowest BCUT2D eigenvalue weighted by Crippen LogP contribution is -2.22. The van der Waals surface area contributed by atoms with Crippen LogP contribution in [0, 0.1) is 0 Å². The molecule has 2 aliphatic heterocycles. The Morgan fingerprint density at radius 1 is 0.582 bits per heavy atom. The summed E-state index contributed by atoms with van der Waals surface area (Å²) >= 11 is 3.33. The van der Waals surface area contributed by atoms with Crippen LogP contribution in [0.4, 0.5) is 17.1 Å². The van der Waals surface area contributed by atoms with E-state index in [0.717, 1.165) is 66.7 Å². The van der Waals surface area contributed by atoms with Crippen molar-refractivity contribution in [1.82, 2.24) is 0 Å². The Morgan fingerprint density at radius 3 is 1.49 bits per heavy atom. The standard InChI is InChI=1S/2C17H13NO3.C11H13BrO3.C8H7NO/c2*1-20-14-5-3-12-10-18(17(19)15(12)9-14)13-4-2-11-6-7-21-16(11)8-13;1-3-15-11(13)10-6-9(14-2)5-4-8(10)7-12;9-7-2-1-6-3-4-10-8(6)5-7/h2*2-9H,10H2,1H3;4-6H,3,7H2,1-2H3;1-5H,9H2. The van der Waals surface area contributed by atoms with Crippen LogP contribution in [0.25, 0.3) is 32.9 Å². The molecule has 0 fully saturated rings. The molecule has 3 aromatic heterocycles. The summed E-state index contributed by atoms with van der Waals surface area (Å²) in [7, 11) is 4.77. The highest BCUT2D eigenvalue weighted by Gasteiger charge is 2.30. The van der Waals surface area contributed by atoms with Crippen LogP contribution < -0.4 is 29.7 Å². The average Bonchev–Trinajstić information content (AvgIpc) is 4.23. The van der Waals surface area contributed by atoms with Gasteiger partial charge >= 0.3 is 5.97 Å². The number of alkyl halides is 1. The number of halogens is 1. The maximum atomic E-state index is 12.6. The fraction of sp³-hybridized carbons (Fsp3) is 0.151. The van der Waals surface area contributed by atoms with Gasteiger partial charge < -0.3 is 47.7 Å². The number of nitrogen functional groups attached to an aromatic ring is 1. The number of ether oxygens (including phenoxy) is 4. The van der Waals surface area contributed by atoms with Crippen molar-refractivity contribution in [2.24, 2.45) is 0 Å². The number of methoxy groups -OCH3 is 3. The van der Waals surface area contributed by atoms with Crippen LogP contribution in [-0.4, -0.2) is 45.7 Å². The third-order valence-electron chi connectivity index (χ3n) is 11.2. The molecule has 0 radical (unpaired) electrons. The van der Waals surface area contributed by atoms with Crippen molar-refractivity contribution in [1.29, 1.82) is 0 Å². The van der Waals surface area contributed by atoms with E-state index in [9.17, 15) is 14.4 Å². The maximum Gasteiger partial charge on any atom is 0.338 e. The summed E-state index contributed by atoms with van der Waals surface area (Å²) in [5.41, 5.74) is 15.3. The van der Waals surface area contributed by atoms with Gasteiger partial charge in [-0.1, -0.05) is 34.1 Å². The SMILES string of the molecule is CCOC(=O)c1cc(OC)ccc1CBr.COc1ccc2c(c1)C(=O)N(c1ccc3ccoc3c1)C2.COc1ccc2c(c1)C(=O)N(c1ccc3ccoc3c1)C2.Nc1ccc2ccoc2c1. The first-order chi connectivity index (χ1) is 32.6. The van der Waals surface area contributed by atoms with Crippen molar-refractivity contribution in [2.75, 3.05) is 43.5 Å². The second-order valence-corrected chi connectivity index (χ2v) is 15.8. The number of benzene rings is 6. The van der Waals surface area contributed by atoms with Crippen molar-refractivity contribution in [3.63, 3.8) is 0 Å². The summed E-state index contributed by atoms with van der Waals surface area (Å²) in [6.45, 7) is 3.30. The summed E-state index contributed by atoms with van der Waals surface area (Å²) in [6.07, 6.45) is 4.96. The molecule has 14 heteroatoms. The zero-order valence-corrected chi connectivity index (χ0v) is 38.7. The van der Waals surface area contributed by atoms with Gasteiger partial charge in [0.2, 0.25) is 0 Å². The number of carbonyl (C=O) groups is 3. The van der Waals surface area contributed by atoms with Gasteiger partial charge in [-0.3, -0.25) is 9.59 Å². The number of hydrogen-bond acceptors (Lipinski definition) is 11. The van der Waals surface area contributed by atoms with Gasteiger partial charge in [0.25, 0.3) is 11.8 Å². The Morgan fingerprint density at radius 2 is 1.03 bits per heavy atom. The predicted octanol–water partition coefficient (Wildman–Crippen LogP) is 12.0. The molecule has 0 saturated carbocycles. The number of anilines is 3. The smallest absolute Gasteiger partial charge is 0.338 e. The van der Waals surface area contributed by atoms with Crippen LogP contribution in [0.15, 0.2) is 159 Å². The minimum atomic E-state index is -0.314. The van der Waals surface area contributed by atoms with Gasteiger partial charge in [-0.2, -0.15) is 0 Å². The summed E-state index contributed by atoms with van der Waals surface area (Å²) in [6, 6.07) is 39.5. The van der Waals surface area contributed by atoms with E-state index in [1.807, 2.05) is 109 Å². The topological polar surface area (TPSA) is 160 Å². The number of hydrogen-bond donors (Lipinski definition) is 1. The number of nitrogens with two attached hydrogens (primary N) is 1. The summed E-state index contributed by atoms with van der Waals surface area (Å²) in [4.78, 5) is 40.3. The largest absolute Gasteiger partial charge is 0.497 e. The molecule has 0 saturated heterocycles. The molecule has 13 nitrogen and oxygen atoms in total. The number of rotatable bonds is 8. The summed E-state index contributed by atoms with van der Waals surface area (Å²) < 4.78 is 36.3. The first-order valence-electron chi connectivity index (χ1n) is 21.2. The van der Waals surface area contributed by atoms with Crippen molar-refractivity contribution in [3.8, 4) is 17.2 Å². The Labute approximate surface area is 394 Å². The molecule has 6 aromatic carbocycles. The molecule has 0 aliphatic carbocycles. The van der Waals surface area contributed by atoms with Crippen LogP contribution in [0.2, 0.25) is 0 Å². The van der Waals surface area contributed by atoms with Crippen LogP contribution >= 0.6 is 15.9 Å². The van der Waals surface area contributed by atoms with Gasteiger partial charge in [0, 0.05) is 67.9 Å². The van der Waals surface area contributed by atoms with E-state index in [-0.39, 0.29) is 17.8 Å². The second-order valence-electron chi connectivity index (χ2n) is 15.2. The lowest BCUT2D eigenvalue weighted by Gasteiger charge is -2.15. The van der Waals surface area contributed by atoms with Gasteiger partial charge in [-0.05, 0) is 115 Å². The van der Waals surface area contributed by atoms with Gasteiger partial charge in [-0.25, -0.2) is 4.79 Å². The zero-order valence-electron chi connectivity index (χ0n) is 37.1. The highest BCUT2D eigenvalue weighted by Crippen LogP contribution is 2.34. The third-order valence-corrected chi connectivity index (χ3v) is 11.8. The molecule has 0 bridgehead atoms. The molecule has 2 aliphatic rings. The van der Waals surface area contributed by atoms with Gasteiger partial charge in [0.1, 0.15) is 34.0 Å². The molecule has 0 spiro atoms. The Bertz CT molecular complexity index is 3080. The van der Waals surface area contributed by atoms with Crippen molar-refractivity contribution in [3.05, 3.63) is 180 Å². The van der Waals surface area contributed by atoms with Crippen LogP contribution in [-0.2, 0) is 23.2 Å². The monoisotopic (exact) mass is 963 g/mol. The molecule has 2 amide bonds. The molecule has 340 valence electrons. The number of amides is 2. The van der Waals surface area contributed by atoms with Crippen molar-refractivity contribution >= 4 is 83.7 Å². The second kappa shape index (κ2) is 20.5. The number of carbonyl (C=O) groups excluding carboxylic acids is 3. The van der Waals surface area contributed by atoms with Crippen LogP contribution in [0.3, 0.4) is 0 Å². The molecule has 67 heavy (non-hydrogen) atoms. The van der Waals surface area contributed by atoms with E-state index in [0.29, 0.717) is 59.0 Å². The number of furan rings is 3.